The first-order chi connectivity index (χ1) is 10.1. The van der Waals surface area contributed by atoms with Crippen molar-refractivity contribution in [3.05, 3.63) is 24.2 Å². The van der Waals surface area contributed by atoms with E-state index in [-0.39, 0.29) is 6.10 Å². The number of rotatable bonds is 8. The van der Waals surface area contributed by atoms with Crippen molar-refractivity contribution in [1.82, 2.24) is 9.80 Å². The molecule has 1 saturated heterocycles. The van der Waals surface area contributed by atoms with Crippen LogP contribution in [0.2, 0.25) is 0 Å². The van der Waals surface area contributed by atoms with E-state index in [2.05, 4.69) is 9.80 Å². The van der Waals surface area contributed by atoms with Crippen LogP contribution in [0.25, 0.3) is 0 Å². The van der Waals surface area contributed by atoms with Gasteiger partial charge in [-0.2, -0.15) is 0 Å². The molecule has 0 amide bonds. The smallest absolute Gasteiger partial charge is 0.129 e. The number of hydrogen-bond donors (Lipinski definition) is 1. The van der Waals surface area contributed by atoms with E-state index in [1.54, 1.807) is 6.26 Å². The van der Waals surface area contributed by atoms with Gasteiger partial charge in [0, 0.05) is 26.2 Å². The van der Waals surface area contributed by atoms with Gasteiger partial charge >= 0.3 is 0 Å². The maximum absolute atomic E-state index is 10.0. The minimum Gasteiger partial charge on any atom is -0.467 e. The number of morpholine rings is 1. The standard InChI is InChI=1S/C15H26N2O4/c1-16(2)9-15-10-17(5-7-21-15)8-13(18)11-19-12-14-4-3-6-20-14/h3-4,6,13,15,18H,5,7-12H2,1-2H3/t13-,15+/m1/s1. The summed E-state index contributed by atoms with van der Waals surface area (Å²) >= 11 is 0. The lowest BCUT2D eigenvalue weighted by Crippen LogP contribution is -2.49. The van der Waals surface area contributed by atoms with Gasteiger partial charge in [0.25, 0.3) is 0 Å². The molecule has 2 rings (SSSR count). The van der Waals surface area contributed by atoms with Crippen molar-refractivity contribution < 1.29 is 19.0 Å². The van der Waals surface area contributed by atoms with Crippen LogP contribution in [0.5, 0.6) is 0 Å². The monoisotopic (exact) mass is 298 g/mol. The Kier molecular flexibility index (Phi) is 6.66. The lowest BCUT2D eigenvalue weighted by molar-refractivity contribution is -0.0590. The summed E-state index contributed by atoms with van der Waals surface area (Å²) in [5, 5.41) is 10.0. The topological polar surface area (TPSA) is 58.3 Å². The van der Waals surface area contributed by atoms with E-state index >= 15 is 0 Å². The van der Waals surface area contributed by atoms with Gasteiger partial charge in [0.05, 0.1) is 31.7 Å². The molecule has 1 fully saturated rings. The number of ether oxygens (including phenoxy) is 2. The molecule has 0 bridgehead atoms. The second kappa shape index (κ2) is 8.51. The van der Waals surface area contributed by atoms with Crippen LogP contribution in [0.15, 0.2) is 22.8 Å². The molecule has 1 aliphatic heterocycles. The SMILES string of the molecule is CN(C)C[C@H]1CN(C[C@@H](O)COCc2ccco2)CCO1. The van der Waals surface area contributed by atoms with Crippen molar-refractivity contribution in [2.24, 2.45) is 0 Å². The zero-order valence-corrected chi connectivity index (χ0v) is 12.9. The number of aliphatic hydroxyl groups excluding tert-OH is 1. The first kappa shape index (κ1) is 16.5. The normalized spacial score (nSPS) is 21.8. The first-order valence-electron chi connectivity index (χ1n) is 7.40. The highest BCUT2D eigenvalue weighted by molar-refractivity contribution is 4.96. The van der Waals surface area contributed by atoms with E-state index in [0.717, 1.165) is 32.0 Å². The van der Waals surface area contributed by atoms with Gasteiger partial charge in [0.15, 0.2) is 0 Å². The highest BCUT2D eigenvalue weighted by Crippen LogP contribution is 2.08. The Hall–Kier alpha value is -0.920. The second-order valence-corrected chi connectivity index (χ2v) is 5.76. The molecule has 1 N–H and O–H groups in total. The molecule has 6 heteroatoms. The molecule has 0 saturated carbocycles. The molecule has 2 heterocycles. The molecule has 0 radical (unpaired) electrons. The molecular formula is C15H26N2O4. The molecular weight excluding hydrogens is 272 g/mol. The number of nitrogens with zero attached hydrogens (tertiary/aromatic N) is 2. The maximum atomic E-state index is 10.0. The van der Waals surface area contributed by atoms with Crippen LogP contribution in [-0.4, -0.2) is 80.6 Å². The zero-order valence-electron chi connectivity index (χ0n) is 12.9. The number of likely N-dealkylation sites (N-methyl/N-ethyl adjacent to an activating group) is 1. The predicted molar refractivity (Wildman–Crippen MR) is 79.1 cm³/mol. The second-order valence-electron chi connectivity index (χ2n) is 5.76. The lowest BCUT2D eigenvalue weighted by Gasteiger charge is -2.35. The minimum absolute atomic E-state index is 0.213. The molecule has 1 aromatic heterocycles. The Morgan fingerprint density at radius 3 is 3.10 bits per heavy atom. The van der Waals surface area contributed by atoms with Gasteiger partial charge in [-0.15, -0.1) is 0 Å². The number of β-amino-alcohol motifs (C(OH)–C–C–N with tert-alkyl or cyclic N) is 1. The summed E-state index contributed by atoms with van der Waals surface area (Å²) in [6.07, 6.45) is 1.34. The fourth-order valence-corrected chi connectivity index (χ4v) is 2.50. The fourth-order valence-electron chi connectivity index (χ4n) is 2.50. The number of aliphatic hydroxyl groups is 1. The summed E-state index contributed by atoms with van der Waals surface area (Å²) < 4.78 is 16.4. The Morgan fingerprint density at radius 2 is 2.38 bits per heavy atom. The van der Waals surface area contributed by atoms with Gasteiger partial charge in [0.2, 0.25) is 0 Å². The van der Waals surface area contributed by atoms with Crippen LogP contribution in [0, 0.1) is 0 Å². The van der Waals surface area contributed by atoms with Crippen molar-refractivity contribution >= 4 is 0 Å². The van der Waals surface area contributed by atoms with Gasteiger partial charge < -0.3 is 23.9 Å². The maximum Gasteiger partial charge on any atom is 0.129 e. The molecule has 120 valence electrons. The zero-order chi connectivity index (χ0) is 15.1. The summed E-state index contributed by atoms with van der Waals surface area (Å²) in [5.41, 5.74) is 0. The molecule has 1 aromatic rings. The minimum atomic E-state index is -0.488. The third-order valence-corrected chi connectivity index (χ3v) is 3.40. The molecule has 0 unspecified atom stereocenters. The highest BCUT2D eigenvalue weighted by atomic mass is 16.5. The molecule has 1 aliphatic rings. The van der Waals surface area contributed by atoms with Crippen LogP contribution < -0.4 is 0 Å². The summed E-state index contributed by atoms with van der Waals surface area (Å²) in [4.78, 5) is 4.36. The van der Waals surface area contributed by atoms with Crippen LogP contribution in [0.1, 0.15) is 5.76 Å². The van der Waals surface area contributed by atoms with Crippen LogP contribution in [0.3, 0.4) is 0 Å². The molecule has 0 spiro atoms. The van der Waals surface area contributed by atoms with Crippen LogP contribution in [-0.2, 0) is 16.1 Å². The largest absolute Gasteiger partial charge is 0.467 e. The average Bonchev–Trinajstić information content (AvgIpc) is 2.91. The number of hydrogen-bond acceptors (Lipinski definition) is 6. The van der Waals surface area contributed by atoms with Crippen molar-refractivity contribution in [1.29, 1.82) is 0 Å². The van der Waals surface area contributed by atoms with Gasteiger partial charge in [-0.1, -0.05) is 0 Å². The van der Waals surface area contributed by atoms with E-state index in [4.69, 9.17) is 13.9 Å². The van der Waals surface area contributed by atoms with Crippen LogP contribution >= 0.6 is 0 Å². The summed E-state index contributed by atoms with van der Waals surface area (Å²) in [5.74, 6) is 0.777. The van der Waals surface area contributed by atoms with Gasteiger partial charge in [-0.3, -0.25) is 4.90 Å². The molecule has 0 aliphatic carbocycles. The highest BCUT2D eigenvalue weighted by Gasteiger charge is 2.22. The van der Waals surface area contributed by atoms with Crippen molar-refractivity contribution in [2.75, 3.05) is 53.5 Å². The Balaban J connectivity index is 1.63. The van der Waals surface area contributed by atoms with Crippen molar-refractivity contribution in [2.45, 2.75) is 18.8 Å². The Bertz CT molecular complexity index is 383. The first-order valence-corrected chi connectivity index (χ1v) is 7.40. The Morgan fingerprint density at radius 1 is 1.52 bits per heavy atom. The summed E-state index contributed by atoms with van der Waals surface area (Å²) in [7, 11) is 4.08. The van der Waals surface area contributed by atoms with E-state index in [9.17, 15) is 5.11 Å². The Labute approximate surface area is 126 Å². The van der Waals surface area contributed by atoms with Crippen molar-refractivity contribution in [3.63, 3.8) is 0 Å². The van der Waals surface area contributed by atoms with E-state index in [1.165, 1.54) is 0 Å². The third kappa shape index (κ3) is 6.15. The van der Waals surface area contributed by atoms with E-state index in [0.29, 0.717) is 19.8 Å². The molecule has 0 aromatic carbocycles. The van der Waals surface area contributed by atoms with E-state index < -0.39 is 6.10 Å². The van der Waals surface area contributed by atoms with Gasteiger partial charge in [0.1, 0.15) is 12.4 Å². The van der Waals surface area contributed by atoms with Crippen LogP contribution in [0.4, 0.5) is 0 Å². The molecule has 21 heavy (non-hydrogen) atoms. The van der Waals surface area contributed by atoms with E-state index in [1.807, 2.05) is 26.2 Å². The molecule has 6 nitrogen and oxygen atoms in total. The van der Waals surface area contributed by atoms with Crippen molar-refractivity contribution in [3.8, 4) is 0 Å². The summed E-state index contributed by atoms with van der Waals surface area (Å²) in [6, 6.07) is 3.69. The molecule has 2 atom stereocenters. The van der Waals surface area contributed by atoms with Gasteiger partial charge in [-0.25, -0.2) is 0 Å². The third-order valence-electron chi connectivity index (χ3n) is 3.40. The lowest BCUT2D eigenvalue weighted by atomic mass is 10.2. The number of furan rings is 1. The summed E-state index contributed by atoms with van der Waals surface area (Å²) in [6.45, 7) is 4.67. The van der Waals surface area contributed by atoms with Gasteiger partial charge in [-0.05, 0) is 26.2 Å². The quantitative estimate of drug-likeness (QED) is 0.751. The predicted octanol–water partition coefficient (Wildman–Crippen LogP) is 0.420. The average molecular weight is 298 g/mol. The fraction of sp³-hybridized carbons (Fsp3) is 0.733.